The van der Waals surface area contributed by atoms with Gasteiger partial charge in [0.25, 0.3) is 0 Å². The molecule has 8 heteroatoms. The molecule has 4 rings (SSSR count). The molecule has 0 radical (unpaired) electrons. The van der Waals surface area contributed by atoms with Crippen LogP contribution in [0.25, 0.3) is 0 Å². The van der Waals surface area contributed by atoms with Crippen LogP contribution in [0.1, 0.15) is 15.9 Å². The molecule has 0 saturated heterocycles. The number of rotatable bonds is 4. The number of carbonyl (C=O) groups is 2. The first-order valence-corrected chi connectivity index (χ1v) is 9.45. The first-order chi connectivity index (χ1) is 14.5. The van der Waals surface area contributed by atoms with Gasteiger partial charge in [-0.3, -0.25) is 4.79 Å². The third-order valence-corrected chi connectivity index (χ3v) is 4.58. The van der Waals surface area contributed by atoms with Gasteiger partial charge in [0, 0.05) is 22.3 Å². The number of amides is 2. The molecule has 1 heterocycles. The van der Waals surface area contributed by atoms with Gasteiger partial charge in [-0.25, -0.2) is 9.18 Å². The summed E-state index contributed by atoms with van der Waals surface area (Å²) in [7, 11) is 0. The van der Waals surface area contributed by atoms with Crippen molar-refractivity contribution in [3.8, 4) is 11.5 Å². The van der Waals surface area contributed by atoms with E-state index in [0.29, 0.717) is 35.4 Å². The minimum absolute atomic E-state index is 0.143. The maximum atomic E-state index is 13.6. The van der Waals surface area contributed by atoms with Gasteiger partial charge in [-0.2, -0.15) is 0 Å². The summed E-state index contributed by atoms with van der Waals surface area (Å²) in [5, 5.41) is 5.77. The van der Waals surface area contributed by atoms with Crippen LogP contribution in [0.3, 0.4) is 0 Å². The number of urea groups is 1. The fraction of sp³-hybridized carbons (Fsp3) is 0.0909. The molecule has 0 saturated carbocycles. The Kier molecular flexibility index (Phi) is 5.54. The van der Waals surface area contributed by atoms with Gasteiger partial charge in [0.05, 0.1) is 11.3 Å². The molecular weight excluding hydrogens is 411 g/mol. The van der Waals surface area contributed by atoms with Gasteiger partial charge in [0.1, 0.15) is 19.0 Å². The zero-order valence-electron chi connectivity index (χ0n) is 15.6. The van der Waals surface area contributed by atoms with Gasteiger partial charge in [-0.1, -0.05) is 29.8 Å². The summed E-state index contributed by atoms with van der Waals surface area (Å²) < 4.78 is 24.7. The highest BCUT2D eigenvalue weighted by Crippen LogP contribution is 2.36. The van der Waals surface area contributed by atoms with Crippen molar-refractivity contribution in [3.05, 3.63) is 82.6 Å². The van der Waals surface area contributed by atoms with Gasteiger partial charge in [0.2, 0.25) is 0 Å². The Morgan fingerprint density at radius 1 is 0.900 bits per heavy atom. The highest BCUT2D eigenvalue weighted by molar-refractivity contribution is 6.31. The number of ketones is 1. The summed E-state index contributed by atoms with van der Waals surface area (Å²) in [5.41, 5.74) is 0.972. The van der Waals surface area contributed by atoms with E-state index in [1.165, 1.54) is 30.3 Å². The Hall–Kier alpha value is -3.58. The smallest absolute Gasteiger partial charge is 0.323 e. The lowest BCUT2D eigenvalue weighted by atomic mass is 10.0. The Morgan fingerprint density at radius 2 is 1.63 bits per heavy atom. The number of carbonyl (C=O) groups excluding carboxylic acids is 2. The van der Waals surface area contributed by atoms with Crippen LogP contribution in [0.15, 0.2) is 60.7 Å². The molecule has 0 fully saturated rings. The van der Waals surface area contributed by atoms with Crippen LogP contribution in [-0.4, -0.2) is 25.0 Å². The number of benzene rings is 3. The lowest BCUT2D eigenvalue weighted by Gasteiger charge is -2.21. The molecule has 3 aromatic rings. The van der Waals surface area contributed by atoms with E-state index in [9.17, 15) is 14.0 Å². The molecule has 30 heavy (non-hydrogen) atoms. The molecule has 0 unspecified atom stereocenters. The standard InChI is InChI=1S/C22H16ClFN2O4/c23-14-4-2-6-16(10-14)25-22(28)26-18-12-20-19(29-7-8-30-20)11-17(18)21(27)13-3-1-5-15(24)9-13/h1-6,9-12H,7-8H2,(H2,25,26,28). The van der Waals surface area contributed by atoms with Crippen LogP contribution in [0.5, 0.6) is 11.5 Å². The van der Waals surface area contributed by atoms with Gasteiger partial charge in [0.15, 0.2) is 17.3 Å². The van der Waals surface area contributed by atoms with E-state index in [2.05, 4.69) is 10.6 Å². The fourth-order valence-corrected chi connectivity index (χ4v) is 3.21. The van der Waals surface area contributed by atoms with Crippen LogP contribution in [0.2, 0.25) is 5.02 Å². The Labute approximate surface area is 176 Å². The molecule has 0 aromatic heterocycles. The molecule has 0 aliphatic carbocycles. The normalized spacial score (nSPS) is 12.2. The third-order valence-electron chi connectivity index (χ3n) is 4.34. The van der Waals surface area contributed by atoms with Gasteiger partial charge >= 0.3 is 6.03 Å². The van der Waals surface area contributed by atoms with Crippen LogP contribution in [-0.2, 0) is 0 Å². The van der Waals surface area contributed by atoms with E-state index in [-0.39, 0.29) is 16.8 Å². The Morgan fingerprint density at radius 3 is 2.37 bits per heavy atom. The quantitative estimate of drug-likeness (QED) is 0.567. The van der Waals surface area contributed by atoms with Crippen molar-refractivity contribution < 1.29 is 23.5 Å². The molecule has 152 valence electrons. The SMILES string of the molecule is O=C(Nc1cccc(Cl)c1)Nc1cc2c(cc1C(=O)c1cccc(F)c1)OCCO2. The largest absolute Gasteiger partial charge is 0.486 e. The number of hydrogen-bond acceptors (Lipinski definition) is 4. The fourth-order valence-electron chi connectivity index (χ4n) is 3.02. The number of hydrogen-bond donors (Lipinski definition) is 2. The highest BCUT2D eigenvalue weighted by atomic mass is 35.5. The van der Waals surface area contributed by atoms with Crippen molar-refractivity contribution in [2.75, 3.05) is 23.8 Å². The maximum Gasteiger partial charge on any atom is 0.323 e. The van der Waals surface area contributed by atoms with Gasteiger partial charge in [-0.05, 0) is 36.4 Å². The number of fused-ring (bicyclic) bond motifs is 1. The molecule has 2 N–H and O–H groups in total. The van der Waals surface area contributed by atoms with E-state index in [1.807, 2.05) is 0 Å². The molecule has 0 spiro atoms. The molecule has 0 bridgehead atoms. The number of halogens is 2. The van der Waals surface area contributed by atoms with Gasteiger partial charge in [-0.15, -0.1) is 0 Å². The van der Waals surface area contributed by atoms with E-state index in [4.69, 9.17) is 21.1 Å². The van der Waals surface area contributed by atoms with Crippen LogP contribution < -0.4 is 20.1 Å². The molecular formula is C22H16ClFN2O4. The number of nitrogens with one attached hydrogen (secondary N) is 2. The minimum atomic E-state index is -0.581. The van der Waals surface area contributed by atoms with Crippen LogP contribution in [0, 0.1) is 5.82 Å². The first kappa shape index (κ1) is 19.7. The van der Waals surface area contributed by atoms with Crippen molar-refractivity contribution in [1.29, 1.82) is 0 Å². The Balaban J connectivity index is 1.67. The summed E-state index contributed by atoms with van der Waals surface area (Å²) in [5.74, 6) is -0.229. The third kappa shape index (κ3) is 4.36. The second-order valence-corrected chi connectivity index (χ2v) is 6.91. The maximum absolute atomic E-state index is 13.6. The highest BCUT2D eigenvalue weighted by Gasteiger charge is 2.22. The summed E-state index contributed by atoms with van der Waals surface area (Å²) >= 11 is 5.94. The average Bonchev–Trinajstić information content (AvgIpc) is 2.72. The average molecular weight is 427 g/mol. The van der Waals surface area contributed by atoms with Crippen molar-refractivity contribution in [2.45, 2.75) is 0 Å². The van der Waals surface area contributed by atoms with Crippen molar-refractivity contribution in [3.63, 3.8) is 0 Å². The zero-order valence-corrected chi connectivity index (χ0v) is 16.3. The monoisotopic (exact) mass is 426 g/mol. The molecule has 0 atom stereocenters. The second kappa shape index (κ2) is 8.42. The number of anilines is 2. The molecule has 3 aromatic carbocycles. The molecule has 2 amide bonds. The molecule has 6 nitrogen and oxygen atoms in total. The summed E-state index contributed by atoms with van der Waals surface area (Å²) in [6, 6.07) is 14.4. The lowest BCUT2D eigenvalue weighted by Crippen LogP contribution is -2.22. The van der Waals surface area contributed by atoms with Crippen LogP contribution >= 0.6 is 11.6 Å². The zero-order chi connectivity index (χ0) is 21.1. The second-order valence-electron chi connectivity index (χ2n) is 6.47. The summed E-state index contributed by atoms with van der Waals surface area (Å²) in [6.07, 6.45) is 0. The van der Waals surface area contributed by atoms with Crippen molar-refractivity contribution in [1.82, 2.24) is 0 Å². The summed E-state index contributed by atoms with van der Waals surface area (Å²) in [6.45, 7) is 0.682. The lowest BCUT2D eigenvalue weighted by molar-refractivity contribution is 0.103. The predicted molar refractivity (Wildman–Crippen MR) is 111 cm³/mol. The van der Waals surface area contributed by atoms with Crippen molar-refractivity contribution in [2.24, 2.45) is 0 Å². The van der Waals surface area contributed by atoms with Crippen molar-refractivity contribution >= 4 is 34.8 Å². The van der Waals surface area contributed by atoms with Crippen LogP contribution in [0.4, 0.5) is 20.6 Å². The molecule has 1 aliphatic rings. The van der Waals surface area contributed by atoms with Gasteiger partial charge < -0.3 is 20.1 Å². The summed E-state index contributed by atoms with van der Waals surface area (Å²) in [4.78, 5) is 25.6. The van der Waals surface area contributed by atoms with E-state index < -0.39 is 17.6 Å². The minimum Gasteiger partial charge on any atom is -0.486 e. The topological polar surface area (TPSA) is 76.7 Å². The first-order valence-electron chi connectivity index (χ1n) is 9.07. The Bertz CT molecular complexity index is 1140. The molecule has 1 aliphatic heterocycles. The van der Waals surface area contributed by atoms with E-state index in [0.717, 1.165) is 6.07 Å². The van der Waals surface area contributed by atoms with E-state index >= 15 is 0 Å². The number of ether oxygens (including phenoxy) is 2. The predicted octanol–water partition coefficient (Wildman–Crippen LogP) is 5.13. The van der Waals surface area contributed by atoms with E-state index in [1.54, 1.807) is 24.3 Å².